The van der Waals surface area contributed by atoms with E-state index in [1.165, 1.54) is 6.92 Å². The first-order chi connectivity index (χ1) is 7.97. The van der Waals surface area contributed by atoms with Gasteiger partial charge in [0.15, 0.2) is 0 Å². The van der Waals surface area contributed by atoms with E-state index in [0.29, 0.717) is 12.2 Å². The van der Waals surface area contributed by atoms with Crippen LogP contribution in [0.1, 0.15) is 34.6 Å². The summed E-state index contributed by atoms with van der Waals surface area (Å²) in [6, 6.07) is 5.05. The lowest BCUT2D eigenvalue weighted by atomic mass is 10.1. The Labute approximate surface area is 117 Å². The van der Waals surface area contributed by atoms with Crippen molar-refractivity contribution >= 4 is 43.6 Å². The van der Waals surface area contributed by atoms with Crippen LogP contribution in [0.3, 0.4) is 0 Å². The average Bonchev–Trinajstić information content (AvgIpc) is 2.28. The maximum absolute atomic E-state index is 11.6. The van der Waals surface area contributed by atoms with Gasteiger partial charge in [0, 0.05) is 4.47 Å². The van der Waals surface area contributed by atoms with Gasteiger partial charge < -0.3 is 4.74 Å². The number of ketones is 1. The Morgan fingerprint density at radius 1 is 1.41 bits per heavy atom. The second kappa shape index (κ2) is 6.31. The molecule has 0 aromatic heterocycles. The van der Waals surface area contributed by atoms with E-state index in [1.807, 2.05) is 0 Å². The molecule has 0 saturated carbocycles. The normalized spacial score (nSPS) is 12.0. The predicted molar refractivity (Wildman–Crippen MR) is 72.4 cm³/mol. The van der Waals surface area contributed by atoms with E-state index in [2.05, 4.69) is 31.9 Å². The molecule has 1 unspecified atom stereocenters. The highest BCUT2D eigenvalue weighted by molar-refractivity contribution is 9.11. The van der Waals surface area contributed by atoms with Gasteiger partial charge in [0.2, 0.25) is 0 Å². The van der Waals surface area contributed by atoms with Crippen molar-refractivity contribution in [3.63, 3.8) is 0 Å². The lowest BCUT2D eigenvalue weighted by Crippen LogP contribution is -2.07. The first kappa shape index (κ1) is 14.4. The first-order valence-electron chi connectivity index (χ1n) is 5.08. The van der Waals surface area contributed by atoms with Crippen molar-refractivity contribution in [3.8, 4) is 0 Å². The topological polar surface area (TPSA) is 43.4 Å². The van der Waals surface area contributed by atoms with Crippen molar-refractivity contribution in [2.45, 2.75) is 18.7 Å². The zero-order valence-electron chi connectivity index (χ0n) is 9.50. The van der Waals surface area contributed by atoms with Crippen molar-refractivity contribution in [2.24, 2.45) is 0 Å². The molecule has 0 amide bonds. The summed E-state index contributed by atoms with van der Waals surface area (Å²) in [7, 11) is 0. The molecule has 0 fully saturated rings. The number of ether oxygens (including phenoxy) is 1. The Morgan fingerprint density at radius 3 is 2.59 bits per heavy atom. The summed E-state index contributed by atoms with van der Waals surface area (Å²) in [6.07, 6.45) is 0. The number of benzene rings is 1. The molecule has 0 saturated heterocycles. The summed E-state index contributed by atoms with van der Waals surface area (Å²) >= 11 is 6.64. The quantitative estimate of drug-likeness (QED) is 0.605. The summed E-state index contributed by atoms with van der Waals surface area (Å²) < 4.78 is 5.69. The molecule has 3 nitrogen and oxygen atoms in total. The van der Waals surface area contributed by atoms with Crippen molar-refractivity contribution in [1.82, 2.24) is 0 Å². The van der Waals surface area contributed by atoms with E-state index >= 15 is 0 Å². The smallest absolute Gasteiger partial charge is 0.338 e. The van der Waals surface area contributed by atoms with Gasteiger partial charge >= 0.3 is 5.97 Å². The van der Waals surface area contributed by atoms with Crippen LogP contribution < -0.4 is 0 Å². The standard InChI is InChI=1S/C12H12Br2O3/c1-3-17-12(16)8-4-5-10(13)9(6-8)11(14)7(2)15/h4-6,11H,3H2,1-2H3. The molecule has 1 aromatic carbocycles. The highest BCUT2D eigenvalue weighted by Crippen LogP contribution is 2.31. The maximum atomic E-state index is 11.6. The number of halogens is 2. The molecule has 5 heteroatoms. The monoisotopic (exact) mass is 362 g/mol. The molecular formula is C12H12Br2O3. The number of carbonyl (C=O) groups excluding carboxylic acids is 2. The Balaban J connectivity index is 3.10. The van der Waals surface area contributed by atoms with Crippen molar-refractivity contribution < 1.29 is 14.3 Å². The van der Waals surface area contributed by atoms with Crippen LogP contribution in [0.2, 0.25) is 0 Å². The number of esters is 1. The summed E-state index contributed by atoms with van der Waals surface area (Å²) in [5, 5.41) is 0. The highest BCUT2D eigenvalue weighted by Gasteiger charge is 2.18. The summed E-state index contributed by atoms with van der Waals surface area (Å²) in [5.74, 6) is -0.406. The lowest BCUT2D eigenvalue weighted by molar-refractivity contribution is -0.116. The molecule has 0 N–H and O–H groups in total. The average molecular weight is 364 g/mol. The van der Waals surface area contributed by atoms with E-state index < -0.39 is 4.83 Å². The van der Waals surface area contributed by atoms with Gasteiger partial charge in [-0.05, 0) is 37.6 Å². The Bertz CT molecular complexity index is 443. The minimum Gasteiger partial charge on any atom is -0.462 e. The van der Waals surface area contributed by atoms with Gasteiger partial charge in [-0.25, -0.2) is 4.79 Å². The lowest BCUT2D eigenvalue weighted by Gasteiger charge is -2.10. The van der Waals surface area contributed by atoms with Crippen LogP contribution in [0.5, 0.6) is 0 Å². The third kappa shape index (κ3) is 3.64. The third-order valence-electron chi connectivity index (χ3n) is 2.14. The van der Waals surface area contributed by atoms with Crippen LogP contribution in [-0.4, -0.2) is 18.4 Å². The molecule has 0 aliphatic heterocycles. The van der Waals surface area contributed by atoms with Gasteiger partial charge in [-0.2, -0.15) is 0 Å². The molecule has 0 aliphatic carbocycles. The molecule has 92 valence electrons. The SMILES string of the molecule is CCOC(=O)c1ccc(Br)c(C(Br)C(C)=O)c1. The summed E-state index contributed by atoms with van der Waals surface area (Å²) in [6.45, 7) is 3.57. The number of carbonyl (C=O) groups is 2. The molecule has 0 heterocycles. The van der Waals surface area contributed by atoms with Gasteiger partial charge in [-0.15, -0.1) is 0 Å². The summed E-state index contributed by atoms with van der Waals surface area (Å²) in [4.78, 5) is 22.5. The largest absolute Gasteiger partial charge is 0.462 e. The second-order valence-corrected chi connectivity index (χ2v) is 5.20. The van der Waals surface area contributed by atoms with Crippen molar-refractivity contribution in [1.29, 1.82) is 0 Å². The molecule has 0 bridgehead atoms. The van der Waals surface area contributed by atoms with Gasteiger partial charge in [-0.1, -0.05) is 31.9 Å². The molecule has 1 aromatic rings. The number of hydrogen-bond acceptors (Lipinski definition) is 3. The fourth-order valence-electron chi connectivity index (χ4n) is 1.30. The molecule has 0 spiro atoms. The second-order valence-electron chi connectivity index (χ2n) is 3.43. The van der Waals surface area contributed by atoms with Gasteiger partial charge in [0.1, 0.15) is 5.78 Å². The molecule has 1 rings (SSSR count). The van der Waals surface area contributed by atoms with E-state index in [0.717, 1.165) is 10.0 Å². The van der Waals surface area contributed by atoms with Crippen LogP contribution in [0.4, 0.5) is 0 Å². The van der Waals surface area contributed by atoms with Crippen molar-refractivity contribution in [2.75, 3.05) is 6.61 Å². The summed E-state index contributed by atoms with van der Waals surface area (Å²) in [5.41, 5.74) is 1.17. The highest BCUT2D eigenvalue weighted by atomic mass is 79.9. The van der Waals surface area contributed by atoms with Crippen LogP contribution >= 0.6 is 31.9 Å². The molecule has 17 heavy (non-hydrogen) atoms. The van der Waals surface area contributed by atoms with Gasteiger partial charge in [-0.3, -0.25) is 4.79 Å². The Morgan fingerprint density at radius 2 is 2.06 bits per heavy atom. The van der Waals surface area contributed by atoms with E-state index in [-0.39, 0.29) is 11.8 Å². The fourth-order valence-corrected chi connectivity index (χ4v) is 2.46. The van der Waals surface area contributed by atoms with Gasteiger partial charge in [0.05, 0.1) is 17.0 Å². The fraction of sp³-hybridized carbons (Fsp3) is 0.333. The van der Waals surface area contributed by atoms with E-state index in [1.54, 1.807) is 25.1 Å². The minimum absolute atomic E-state index is 0.0216. The Kier molecular flexibility index (Phi) is 5.33. The zero-order chi connectivity index (χ0) is 13.0. The number of Topliss-reactive ketones (excluding diaryl/α,β-unsaturated/α-hetero) is 1. The van der Waals surface area contributed by atoms with Crippen LogP contribution in [0.15, 0.2) is 22.7 Å². The zero-order valence-corrected chi connectivity index (χ0v) is 12.7. The van der Waals surface area contributed by atoms with Crippen LogP contribution in [0, 0.1) is 0 Å². The van der Waals surface area contributed by atoms with Gasteiger partial charge in [0.25, 0.3) is 0 Å². The van der Waals surface area contributed by atoms with Crippen molar-refractivity contribution in [3.05, 3.63) is 33.8 Å². The third-order valence-corrected chi connectivity index (χ3v) is 4.00. The van der Waals surface area contributed by atoms with Crippen LogP contribution in [0.25, 0.3) is 0 Å². The van der Waals surface area contributed by atoms with E-state index in [9.17, 15) is 9.59 Å². The molecular weight excluding hydrogens is 352 g/mol. The Hall–Kier alpha value is -0.680. The maximum Gasteiger partial charge on any atom is 0.338 e. The van der Waals surface area contributed by atoms with E-state index in [4.69, 9.17) is 4.74 Å². The first-order valence-corrected chi connectivity index (χ1v) is 6.79. The molecule has 0 radical (unpaired) electrons. The minimum atomic E-state index is -0.425. The number of alkyl halides is 1. The molecule has 1 atom stereocenters. The molecule has 0 aliphatic rings. The number of rotatable bonds is 4. The predicted octanol–water partition coefficient (Wildman–Crippen LogP) is 3.65. The van der Waals surface area contributed by atoms with Crippen LogP contribution in [-0.2, 0) is 9.53 Å². The number of hydrogen-bond donors (Lipinski definition) is 0.